The molecule has 230 valence electrons. The lowest BCUT2D eigenvalue weighted by atomic mass is 10.1. The number of hydrogen-bond acceptors (Lipinski definition) is 8. The van der Waals surface area contributed by atoms with Crippen LogP contribution in [0.1, 0.15) is 83.0 Å². The molecule has 0 aliphatic carbocycles. The fourth-order valence-electron chi connectivity index (χ4n) is 3.95. The third kappa shape index (κ3) is 8.12. The number of fused-ring (bicyclic) bond motifs is 1. The highest BCUT2D eigenvalue weighted by molar-refractivity contribution is 6.21. The summed E-state index contributed by atoms with van der Waals surface area (Å²) in [6.45, 7) is 14.4. The van der Waals surface area contributed by atoms with Crippen LogP contribution in [0.25, 0.3) is 10.9 Å². The van der Waals surface area contributed by atoms with Gasteiger partial charge in [-0.1, -0.05) is 18.2 Å². The topological polar surface area (TPSA) is 159 Å². The summed E-state index contributed by atoms with van der Waals surface area (Å²) in [5, 5.41) is 2.84. The van der Waals surface area contributed by atoms with E-state index in [0.29, 0.717) is 10.5 Å². The molecule has 43 heavy (non-hydrogen) atoms. The number of benzene rings is 2. The highest BCUT2D eigenvalue weighted by Gasteiger charge is 2.40. The minimum atomic E-state index is -1.23. The summed E-state index contributed by atoms with van der Waals surface area (Å²) in [7, 11) is 0. The van der Waals surface area contributed by atoms with E-state index in [-0.39, 0.29) is 22.2 Å². The molecule has 3 rings (SSSR count). The standard InChI is InChI=1S/C31H38N4O8/c1-29(2,3)41-26(38)34-21-17-19(33-24(37)18-13-11-10-12-14-18)15-16-20(21)22(23(32)36)25(34)35(27(39)42-30(4,5)6)28(40)43-31(7,8)9/h10-17H,1-9H3,(H2,32,36)(H,33,37). The number of aromatic nitrogens is 1. The van der Waals surface area contributed by atoms with Gasteiger partial charge in [-0.15, -0.1) is 0 Å². The van der Waals surface area contributed by atoms with Crippen molar-refractivity contribution in [1.29, 1.82) is 0 Å². The number of nitrogens with zero attached hydrogens (tertiary/aromatic N) is 2. The second-order valence-electron chi connectivity index (χ2n) is 12.7. The van der Waals surface area contributed by atoms with Crippen LogP contribution in [0.2, 0.25) is 0 Å². The van der Waals surface area contributed by atoms with Gasteiger partial charge in [0, 0.05) is 16.6 Å². The highest BCUT2D eigenvalue weighted by atomic mass is 16.6. The first-order valence-electron chi connectivity index (χ1n) is 13.5. The second-order valence-corrected chi connectivity index (χ2v) is 12.7. The molecule has 0 aliphatic heterocycles. The Balaban J connectivity index is 2.37. The van der Waals surface area contributed by atoms with Gasteiger partial charge in [-0.05, 0) is 92.6 Å². The maximum Gasteiger partial charge on any atom is 0.425 e. The Morgan fingerprint density at radius 3 is 1.72 bits per heavy atom. The van der Waals surface area contributed by atoms with Gasteiger partial charge < -0.3 is 25.3 Å². The molecule has 0 atom stereocenters. The Morgan fingerprint density at radius 1 is 0.744 bits per heavy atom. The van der Waals surface area contributed by atoms with Gasteiger partial charge in [-0.2, -0.15) is 4.90 Å². The Kier molecular flexibility index (Phi) is 8.95. The first-order chi connectivity index (χ1) is 19.7. The van der Waals surface area contributed by atoms with Crippen LogP contribution in [0.15, 0.2) is 48.5 Å². The van der Waals surface area contributed by atoms with Gasteiger partial charge in [0.15, 0.2) is 5.82 Å². The molecule has 12 nitrogen and oxygen atoms in total. The molecule has 0 fully saturated rings. The molecule has 0 saturated carbocycles. The number of anilines is 2. The van der Waals surface area contributed by atoms with Crippen LogP contribution in [0, 0.1) is 0 Å². The van der Waals surface area contributed by atoms with Crippen molar-refractivity contribution in [2.45, 2.75) is 79.1 Å². The lowest BCUT2D eigenvalue weighted by Crippen LogP contribution is -2.46. The van der Waals surface area contributed by atoms with Crippen LogP contribution in [0.5, 0.6) is 0 Å². The van der Waals surface area contributed by atoms with Gasteiger partial charge in [0.25, 0.3) is 11.8 Å². The van der Waals surface area contributed by atoms with Gasteiger partial charge in [0.05, 0.1) is 11.1 Å². The maximum absolute atomic E-state index is 13.8. The number of carbonyl (C=O) groups is 5. The van der Waals surface area contributed by atoms with E-state index in [4.69, 9.17) is 19.9 Å². The van der Waals surface area contributed by atoms with Gasteiger partial charge in [-0.25, -0.2) is 19.0 Å². The highest BCUT2D eigenvalue weighted by Crippen LogP contribution is 2.37. The first-order valence-corrected chi connectivity index (χ1v) is 13.5. The molecule has 0 saturated heterocycles. The molecule has 3 N–H and O–H groups in total. The van der Waals surface area contributed by atoms with Crippen LogP contribution < -0.4 is 16.0 Å². The fraction of sp³-hybridized carbons (Fsp3) is 0.387. The number of imide groups is 1. The molecule has 4 amide bonds. The minimum Gasteiger partial charge on any atom is -0.443 e. The fourth-order valence-corrected chi connectivity index (χ4v) is 3.95. The smallest absolute Gasteiger partial charge is 0.425 e. The number of rotatable bonds is 4. The average molecular weight is 595 g/mol. The summed E-state index contributed by atoms with van der Waals surface area (Å²) in [5.41, 5.74) is 2.90. The second kappa shape index (κ2) is 11.8. The predicted molar refractivity (Wildman–Crippen MR) is 161 cm³/mol. The number of hydrogen-bond donors (Lipinski definition) is 2. The van der Waals surface area contributed by atoms with E-state index in [1.165, 1.54) is 18.2 Å². The largest absolute Gasteiger partial charge is 0.443 e. The van der Waals surface area contributed by atoms with Crippen molar-refractivity contribution < 1.29 is 38.2 Å². The van der Waals surface area contributed by atoms with E-state index in [9.17, 15) is 24.0 Å². The zero-order chi connectivity index (χ0) is 32.5. The zero-order valence-corrected chi connectivity index (χ0v) is 25.9. The Labute approximate surface area is 250 Å². The molecule has 0 aliphatic rings. The quantitative estimate of drug-likeness (QED) is 0.326. The lowest BCUT2D eigenvalue weighted by Gasteiger charge is -2.29. The molecule has 3 aromatic rings. The summed E-state index contributed by atoms with van der Waals surface area (Å²) < 4.78 is 17.5. The Hall–Kier alpha value is -4.87. The molecule has 1 heterocycles. The van der Waals surface area contributed by atoms with Crippen molar-refractivity contribution in [2.75, 3.05) is 10.2 Å². The molecule has 0 spiro atoms. The number of primary amides is 1. The van der Waals surface area contributed by atoms with E-state index >= 15 is 0 Å². The summed E-state index contributed by atoms with van der Waals surface area (Å²) in [4.78, 5) is 67.3. The van der Waals surface area contributed by atoms with Gasteiger partial charge in [0.1, 0.15) is 16.8 Å². The van der Waals surface area contributed by atoms with Gasteiger partial charge >= 0.3 is 18.3 Å². The summed E-state index contributed by atoms with van der Waals surface area (Å²) in [6, 6.07) is 12.8. The predicted octanol–water partition coefficient (Wildman–Crippen LogP) is 6.45. The van der Waals surface area contributed by atoms with E-state index in [1.54, 1.807) is 92.6 Å². The monoisotopic (exact) mass is 594 g/mol. The van der Waals surface area contributed by atoms with Crippen LogP contribution in [0.3, 0.4) is 0 Å². The van der Waals surface area contributed by atoms with Crippen LogP contribution in [-0.4, -0.2) is 51.5 Å². The number of nitrogens with two attached hydrogens (primary N) is 1. The van der Waals surface area contributed by atoms with Gasteiger partial charge in [-0.3, -0.25) is 9.59 Å². The van der Waals surface area contributed by atoms with Crippen molar-refractivity contribution in [2.24, 2.45) is 5.73 Å². The van der Waals surface area contributed by atoms with Crippen molar-refractivity contribution in [1.82, 2.24) is 4.57 Å². The lowest BCUT2D eigenvalue weighted by molar-refractivity contribution is 0.0425. The Bertz CT molecular complexity index is 1540. The van der Waals surface area contributed by atoms with Crippen molar-refractivity contribution >= 4 is 52.5 Å². The van der Waals surface area contributed by atoms with E-state index < -0.39 is 52.7 Å². The SMILES string of the molecule is CC(C)(C)OC(=O)N(C(=O)OC(C)(C)C)c1c(C(N)=O)c2ccc(NC(=O)c3ccccc3)cc2n1C(=O)OC(C)(C)C. The number of amides is 4. The summed E-state index contributed by atoms with van der Waals surface area (Å²) >= 11 is 0. The molecule has 0 unspecified atom stereocenters. The summed E-state index contributed by atoms with van der Waals surface area (Å²) in [6.07, 6.45) is -3.49. The number of nitrogens with one attached hydrogen (secondary N) is 1. The maximum atomic E-state index is 13.8. The van der Waals surface area contributed by atoms with E-state index in [1.807, 2.05) is 0 Å². The molecule has 12 heteroatoms. The van der Waals surface area contributed by atoms with Crippen LogP contribution in [-0.2, 0) is 14.2 Å². The Morgan fingerprint density at radius 2 is 1.26 bits per heavy atom. The molecular weight excluding hydrogens is 556 g/mol. The average Bonchev–Trinajstić information content (AvgIpc) is 3.15. The van der Waals surface area contributed by atoms with E-state index in [0.717, 1.165) is 4.57 Å². The van der Waals surface area contributed by atoms with Crippen LogP contribution in [0.4, 0.5) is 25.9 Å². The number of carbonyl (C=O) groups excluding carboxylic acids is 5. The van der Waals surface area contributed by atoms with Crippen LogP contribution >= 0.6 is 0 Å². The van der Waals surface area contributed by atoms with E-state index in [2.05, 4.69) is 5.32 Å². The molecular formula is C31H38N4O8. The normalized spacial score (nSPS) is 11.9. The molecule has 0 radical (unpaired) electrons. The van der Waals surface area contributed by atoms with Crippen molar-refractivity contribution in [3.8, 4) is 0 Å². The third-order valence-electron chi connectivity index (χ3n) is 5.42. The summed E-state index contributed by atoms with van der Waals surface area (Å²) in [5.74, 6) is -2.03. The van der Waals surface area contributed by atoms with Crippen molar-refractivity contribution in [3.05, 3.63) is 59.7 Å². The van der Waals surface area contributed by atoms with Crippen molar-refractivity contribution in [3.63, 3.8) is 0 Å². The number of ether oxygens (including phenoxy) is 3. The minimum absolute atomic E-state index is 0.0148. The molecule has 0 bridgehead atoms. The first kappa shape index (κ1) is 32.6. The third-order valence-corrected chi connectivity index (χ3v) is 5.42. The zero-order valence-electron chi connectivity index (χ0n) is 25.9. The van der Waals surface area contributed by atoms with Gasteiger partial charge in [0.2, 0.25) is 0 Å². The molecule has 2 aromatic carbocycles. The molecule has 1 aromatic heterocycles.